The maximum absolute atomic E-state index is 2.32. The summed E-state index contributed by atoms with van der Waals surface area (Å²) in [7, 11) is 1.07. The maximum atomic E-state index is 2.32. The molecule has 0 nitrogen and oxygen atoms in total. The molecule has 1 heteroatoms. The van der Waals surface area contributed by atoms with Gasteiger partial charge in [-0.25, -0.2) is 0 Å². The fourth-order valence-corrected chi connectivity index (χ4v) is 1.91. The van der Waals surface area contributed by atoms with Crippen molar-refractivity contribution in [3.63, 3.8) is 0 Å². The predicted molar refractivity (Wildman–Crippen MR) is 56.9 cm³/mol. The summed E-state index contributed by atoms with van der Waals surface area (Å²) < 4.78 is 0. The Bertz CT molecular complexity index is 128. The van der Waals surface area contributed by atoms with Crippen molar-refractivity contribution < 1.29 is 0 Å². The highest BCUT2D eigenvalue weighted by molar-refractivity contribution is 7.38. The predicted octanol–water partition coefficient (Wildman–Crippen LogP) is 3.60. The van der Waals surface area contributed by atoms with Crippen molar-refractivity contribution >= 4 is 8.58 Å². The molecule has 11 heavy (non-hydrogen) atoms. The molecule has 0 aromatic carbocycles. The molecule has 0 saturated heterocycles. The van der Waals surface area contributed by atoms with Crippen molar-refractivity contribution in [3.05, 3.63) is 23.3 Å². The van der Waals surface area contributed by atoms with Crippen LogP contribution in [-0.2, 0) is 0 Å². The van der Waals surface area contributed by atoms with E-state index in [1.165, 1.54) is 23.5 Å². The summed E-state index contributed by atoms with van der Waals surface area (Å²) in [6.07, 6.45) is 7.15. The van der Waals surface area contributed by atoms with Crippen LogP contribution in [0.4, 0.5) is 0 Å². The van der Waals surface area contributed by atoms with Crippen molar-refractivity contribution in [2.45, 2.75) is 27.7 Å². The zero-order valence-corrected chi connectivity index (χ0v) is 9.07. The lowest BCUT2D eigenvalue weighted by Crippen LogP contribution is -1.74. The normalized spacial score (nSPS) is 9.09. The van der Waals surface area contributed by atoms with Gasteiger partial charge in [0.05, 0.1) is 0 Å². The zero-order valence-electron chi connectivity index (χ0n) is 8.07. The van der Waals surface area contributed by atoms with E-state index in [9.17, 15) is 0 Å². The molecule has 0 aliphatic heterocycles. The summed E-state index contributed by atoms with van der Waals surface area (Å²) in [5.74, 6) is 0. The third-order valence-electron chi connectivity index (χ3n) is 1.31. The summed E-state index contributed by atoms with van der Waals surface area (Å²) in [4.78, 5) is 0. The quantitative estimate of drug-likeness (QED) is 0.343. The average molecular weight is 170 g/mol. The first-order valence-corrected chi connectivity index (χ1v) is 5.52. The molecule has 0 aromatic heterocycles. The van der Waals surface area contributed by atoms with E-state index in [0.717, 1.165) is 8.58 Å². The third kappa shape index (κ3) is 9.91. The summed E-state index contributed by atoms with van der Waals surface area (Å²) in [5.41, 5.74) is 2.88. The first-order valence-electron chi connectivity index (χ1n) is 4.10. The minimum Gasteiger partial charge on any atom is -0.114 e. The molecule has 0 N–H and O–H groups in total. The molecule has 0 aromatic rings. The maximum Gasteiger partial charge on any atom is -0.0167 e. The lowest BCUT2D eigenvalue weighted by molar-refractivity contribution is 1.36. The van der Waals surface area contributed by atoms with E-state index < -0.39 is 0 Å². The Kier molecular flexibility index (Phi) is 6.56. The van der Waals surface area contributed by atoms with Gasteiger partial charge in [0.15, 0.2) is 0 Å². The van der Waals surface area contributed by atoms with Crippen LogP contribution in [0.2, 0.25) is 0 Å². The van der Waals surface area contributed by atoms with Crippen LogP contribution in [-0.4, -0.2) is 12.3 Å². The van der Waals surface area contributed by atoms with Gasteiger partial charge in [-0.3, -0.25) is 0 Å². The summed E-state index contributed by atoms with van der Waals surface area (Å²) in [6, 6.07) is 0. The second-order valence-corrected chi connectivity index (χ2v) is 4.54. The van der Waals surface area contributed by atoms with Gasteiger partial charge in [-0.1, -0.05) is 23.3 Å². The van der Waals surface area contributed by atoms with Crippen molar-refractivity contribution in [1.29, 1.82) is 0 Å². The molecule has 0 radical (unpaired) electrons. The number of hydrogen-bond acceptors (Lipinski definition) is 0. The summed E-state index contributed by atoms with van der Waals surface area (Å²) >= 11 is 0. The monoisotopic (exact) mass is 170 g/mol. The molecule has 0 atom stereocenters. The fourth-order valence-electron chi connectivity index (χ4n) is 0.636. The van der Waals surface area contributed by atoms with Gasteiger partial charge in [-0.15, -0.1) is 8.58 Å². The van der Waals surface area contributed by atoms with Crippen molar-refractivity contribution in [2.75, 3.05) is 12.3 Å². The first kappa shape index (κ1) is 10.9. The Morgan fingerprint density at radius 1 is 0.909 bits per heavy atom. The molecule has 0 unspecified atom stereocenters. The standard InChI is InChI=1S/C10H19P/c1-9(2)5-7-11-8-6-10(3)4/h5-6,11H,7-8H2,1-4H3. The van der Waals surface area contributed by atoms with Crippen LogP contribution in [0, 0.1) is 0 Å². The number of rotatable bonds is 4. The van der Waals surface area contributed by atoms with Gasteiger partial charge < -0.3 is 0 Å². The summed E-state index contributed by atoms with van der Waals surface area (Å²) in [6.45, 7) is 8.63. The lowest BCUT2D eigenvalue weighted by Gasteiger charge is -1.93. The van der Waals surface area contributed by atoms with Crippen LogP contribution in [0.1, 0.15) is 27.7 Å². The zero-order chi connectivity index (χ0) is 8.69. The first-order chi connectivity index (χ1) is 5.13. The molecule has 0 saturated carbocycles. The summed E-state index contributed by atoms with van der Waals surface area (Å²) in [5, 5.41) is 0. The van der Waals surface area contributed by atoms with Gasteiger partial charge in [0.25, 0.3) is 0 Å². The Morgan fingerprint density at radius 2 is 1.27 bits per heavy atom. The molecule has 0 amide bonds. The van der Waals surface area contributed by atoms with Gasteiger partial charge in [0.1, 0.15) is 0 Å². The Hall–Kier alpha value is -0.0900. The highest BCUT2D eigenvalue weighted by Gasteiger charge is 1.82. The van der Waals surface area contributed by atoms with Gasteiger partial charge >= 0.3 is 0 Å². The Morgan fingerprint density at radius 3 is 1.55 bits per heavy atom. The second-order valence-electron chi connectivity index (χ2n) is 3.22. The SMILES string of the molecule is CC(C)=CCPCC=C(C)C. The van der Waals surface area contributed by atoms with Gasteiger partial charge in [0.2, 0.25) is 0 Å². The molecular weight excluding hydrogens is 151 g/mol. The van der Waals surface area contributed by atoms with Gasteiger partial charge in [0, 0.05) is 0 Å². The lowest BCUT2D eigenvalue weighted by atomic mass is 10.3. The minimum absolute atomic E-state index is 1.07. The molecule has 0 aliphatic carbocycles. The largest absolute Gasteiger partial charge is 0.114 e. The Labute approximate surface area is 72.6 Å². The molecule has 0 spiro atoms. The van der Waals surface area contributed by atoms with Crippen LogP contribution in [0.25, 0.3) is 0 Å². The molecular formula is C10H19P. The molecule has 0 bridgehead atoms. The minimum atomic E-state index is 1.07. The topological polar surface area (TPSA) is 0 Å². The number of hydrogen-bond donors (Lipinski definition) is 0. The average Bonchev–Trinajstić information content (AvgIpc) is 1.85. The van der Waals surface area contributed by atoms with E-state index in [1.807, 2.05) is 0 Å². The fraction of sp³-hybridized carbons (Fsp3) is 0.600. The van der Waals surface area contributed by atoms with Crippen LogP contribution in [0.5, 0.6) is 0 Å². The van der Waals surface area contributed by atoms with Crippen LogP contribution in [0.3, 0.4) is 0 Å². The number of allylic oxidation sites excluding steroid dienone is 4. The van der Waals surface area contributed by atoms with Crippen LogP contribution >= 0.6 is 8.58 Å². The molecule has 0 heterocycles. The smallest absolute Gasteiger partial charge is 0.0167 e. The van der Waals surface area contributed by atoms with E-state index in [-0.39, 0.29) is 0 Å². The van der Waals surface area contributed by atoms with E-state index in [0.29, 0.717) is 0 Å². The van der Waals surface area contributed by atoms with Crippen molar-refractivity contribution in [3.8, 4) is 0 Å². The molecule has 0 aliphatic rings. The molecule has 0 rings (SSSR count). The molecule has 0 fully saturated rings. The van der Waals surface area contributed by atoms with Gasteiger partial charge in [-0.2, -0.15) is 0 Å². The van der Waals surface area contributed by atoms with E-state index in [2.05, 4.69) is 39.8 Å². The van der Waals surface area contributed by atoms with Gasteiger partial charge in [-0.05, 0) is 40.0 Å². The van der Waals surface area contributed by atoms with E-state index in [1.54, 1.807) is 0 Å². The third-order valence-corrected chi connectivity index (χ3v) is 2.29. The Balaban J connectivity index is 3.29. The highest BCUT2D eigenvalue weighted by Crippen LogP contribution is 2.11. The van der Waals surface area contributed by atoms with E-state index in [4.69, 9.17) is 0 Å². The van der Waals surface area contributed by atoms with E-state index >= 15 is 0 Å². The van der Waals surface area contributed by atoms with Crippen LogP contribution < -0.4 is 0 Å². The molecule has 64 valence electrons. The second kappa shape index (κ2) is 6.61. The van der Waals surface area contributed by atoms with Crippen LogP contribution in [0.15, 0.2) is 23.3 Å². The van der Waals surface area contributed by atoms with Crippen molar-refractivity contribution in [1.82, 2.24) is 0 Å². The van der Waals surface area contributed by atoms with Crippen molar-refractivity contribution in [2.24, 2.45) is 0 Å². The highest BCUT2D eigenvalue weighted by atomic mass is 31.1.